The minimum absolute atomic E-state index is 0.0149. The highest BCUT2D eigenvalue weighted by atomic mass is 16.7. The zero-order chi connectivity index (χ0) is 47.6. The number of amides is 1. The first-order valence-electron chi connectivity index (χ1n) is 21.6. The minimum atomic E-state index is -2.08. The number of methoxy groups -OCH3 is 1. The van der Waals surface area contributed by atoms with E-state index in [9.17, 15) is 39.6 Å². The van der Waals surface area contributed by atoms with Gasteiger partial charge >= 0.3 is 11.8 Å². The number of allylic oxidation sites excluding steroid dienone is 2. The number of ether oxygens (including phenoxy) is 4. The number of carbonyl (C=O) groups excluding carboxylic acids is 3. The lowest BCUT2D eigenvalue weighted by atomic mass is 9.78. The molecule has 65 heavy (non-hydrogen) atoms. The number of aliphatic hydroxyl groups excluding tert-OH is 2. The van der Waals surface area contributed by atoms with Crippen LogP contribution < -0.4 is 20.4 Å². The second-order valence-corrected chi connectivity index (χ2v) is 18.1. The van der Waals surface area contributed by atoms with Crippen LogP contribution in [0, 0.1) is 30.6 Å². The van der Waals surface area contributed by atoms with Crippen LogP contribution in [0.3, 0.4) is 0 Å². The molecule has 2 aromatic rings. The molecule has 4 bridgehead atoms. The molecule has 0 radical (unpaired) electrons. The van der Waals surface area contributed by atoms with Crippen LogP contribution in [0.5, 0.6) is 17.2 Å². The summed E-state index contributed by atoms with van der Waals surface area (Å²) >= 11 is 0. The third-order valence-electron chi connectivity index (χ3n) is 13.4. The molecule has 1 saturated heterocycles. The summed E-state index contributed by atoms with van der Waals surface area (Å²) < 4.78 is 30.3. The number of aromatic nitrogens is 1. The summed E-state index contributed by atoms with van der Waals surface area (Å²) in [5, 5.41) is 48.4. The second kappa shape index (κ2) is 17.8. The van der Waals surface area contributed by atoms with E-state index in [4.69, 9.17) is 28.3 Å². The molecule has 1 aliphatic carbocycles. The predicted octanol–water partition coefficient (Wildman–Crippen LogP) is 5.40. The number of hydrogen-bond acceptors (Lipinski definition) is 16. The van der Waals surface area contributed by atoms with Gasteiger partial charge in [0.15, 0.2) is 11.3 Å². The number of phenolic OH excluding ortho intramolecular Hbond substituents is 2. The van der Waals surface area contributed by atoms with Gasteiger partial charge in [0.1, 0.15) is 40.3 Å². The van der Waals surface area contributed by atoms with Crippen molar-refractivity contribution < 1.29 is 58.2 Å². The number of rotatable bonds is 4. The molecule has 5 N–H and O–H groups in total. The number of ketones is 1. The number of likely N-dealkylation sites (N-methyl/N-ethyl adjacent to an activating group) is 1. The van der Waals surface area contributed by atoms with Gasteiger partial charge in [0.2, 0.25) is 5.43 Å². The monoisotopic (exact) mass is 898 g/mol. The topological polar surface area (TPSA) is 231 Å². The van der Waals surface area contributed by atoms with Crippen molar-refractivity contribution in [2.75, 3.05) is 44.5 Å². The van der Waals surface area contributed by atoms with E-state index in [1.54, 1.807) is 52.0 Å². The van der Waals surface area contributed by atoms with Crippen LogP contribution in [0.2, 0.25) is 0 Å². The van der Waals surface area contributed by atoms with E-state index in [-0.39, 0.29) is 73.3 Å². The summed E-state index contributed by atoms with van der Waals surface area (Å²) in [6.45, 7) is 13.8. The van der Waals surface area contributed by atoms with Gasteiger partial charge in [-0.25, -0.2) is 4.98 Å². The summed E-state index contributed by atoms with van der Waals surface area (Å²) in [5.74, 6) is -7.84. The Morgan fingerprint density at radius 1 is 0.985 bits per heavy atom. The van der Waals surface area contributed by atoms with Crippen LogP contribution in [0.15, 0.2) is 57.5 Å². The molecule has 5 aliphatic rings. The Morgan fingerprint density at radius 2 is 1.68 bits per heavy atom. The lowest BCUT2D eigenvalue weighted by molar-refractivity contribution is -0.160. The van der Waals surface area contributed by atoms with E-state index >= 15 is 0 Å². The Kier molecular flexibility index (Phi) is 12.8. The van der Waals surface area contributed by atoms with Gasteiger partial charge in [-0.15, -0.1) is 0 Å². The lowest BCUT2D eigenvalue weighted by Gasteiger charge is -2.44. The second-order valence-electron chi connectivity index (χ2n) is 18.1. The molecule has 17 heteroatoms. The number of benzene rings is 3. The molecule has 0 unspecified atom stereocenters. The minimum Gasteiger partial charge on any atom is -0.507 e. The van der Waals surface area contributed by atoms with Crippen molar-refractivity contribution in [2.45, 2.75) is 91.6 Å². The zero-order valence-corrected chi connectivity index (χ0v) is 38.5. The van der Waals surface area contributed by atoms with Crippen molar-refractivity contribution in [1.82, 2.24) is 9.88 Å². The molecule has 7 rings (SSSR count). The normalized spacial score (nSPS) is 29.9. The summed E-state index contributed by atoms with van der Waals surface area (Å²) in [6, 6.07) is 3.50. The first kappa shape index (κ1) is 47.0. The number of carbonyl (C=O) groups is 3. The smallest absolute Gasteiger partial charge is 0.312 e. The van der Waals surface area contributed by atoms with E-state index in [1.165, 1.54) is 53.2 Å². The van der Waals surface area contributed by atoms with Gasteiger partial charge in [-0.2, -0.15) is 0 Å². The third-order valence-corrected chi connectivity index (χ3v) is 13.4. The van der Waals surface area contributed by atoms with Crippen LogP contribution in [0.4, 0.5) is 11.4 Å². The molecule has 1 fully saturated rings. The van der Waals surface area contributed by atoms with Crippen molar-refractivity contribution in [2.24, 2.45) is 23.7 Å². The maximum Gasteiger partial charge on any atom is 0.312 e. The van der Waals surface area contributed by atoms with E-state index in [1.807, 2.05) is 19.0 Å². The van der Waals surface area contributed by atoms with Gasteiger partial charge in [0, 0.05) is 98.1 Å². The van der Waals surface area contributed by atoms with Crippen LogP contribution in [-0.2, 0) is 23.8 Å². The molecule has 4 heterocycles. The van der Waals surface area contributed by atoms with E-state index < -0.39 is 82.7 Å². The number of fused-ring (bicyclic) bond motifs is 2. The Balaban J connectivity index is 1.44. The van der Waals surface area contributed by atoms with Crippen molar-refractivity contribution >= 4 is 50.9 Å². The highest BCUT2D eigenvalue weighted by Gasteiger charge is 2.50. The predicted molar refractivity (Wildman–Crippen MR) is 242 cm³/mol. The standard InChI is InChI=1S/C48H58N4O13/c1-21-13-12-14-22(2)47(60)50-38-42(58)34-33(37-45(38)64-32-18-28(17-30(54)36(32)49-37)52-19-29(20-52)51(9)10)35-44(26(6)41(34)57)65-48(8,46(35)59)62-16-15-31(61-11)23(3)43(63-27(7)53)25(5)40(56)24(4)39(21)55/h12-18,21,23-25,29,31,39-40,43,54-57H,19-20H2,1-11H3,(H,50,60)/b13-12+,16-15+,22-14-/t21-,23+,24+,25+,31-,39-,40+,43+,48-/m0/s1. The Hall–Kier alpha value is -6.01. The van der Waals surface area contributed by atoms with Gasteiger partial charge in [-0.3, -0.25) is 19.2 Å². The molecule has 9 atom stereocenters. The molecule has 1 amide bonds. The van der Waals surface area contributed by atoms with Crippen molar-refractivity contribution in [3.63, 3.8) is 0 Å². The Morgan fingerprint density at radius 3 is 2.32 bits per heavy atom. The summed E-state index contributed by atoms with van der Waals surface area (Å²) in [6.07, 6.45) is 3.46. The van der Waals surface area contributed by atoms with Crippen LogP contribution in [-0.4, -0.2) is 119 Å². The average Bonchev–Trinajstić information content (AvgIpc) is 3.50. The molecular weight excluding hydrogens is 841 g/mol. The van der Waals surface area contributed by atoms with Crippen molar-refractivity contribution in [3.05, 3.63) is 69.6 Å². The van der Waals surface area contributed by atoms with E-state index in [0.717, 1.165) is 0 Å². The molecule has 2 aromatic carbocycles. The maximum atomic E-state index is 14.8. The third kappa shape index (κ3) is 8.30. The van der Waals surface area contributed by atoms with Crippen LogP contribution in [0.25, 0.3) is 33.3 Å². The molecule has 0 aromatic heterocycles. The number of phenols is 2. The van der Waals surface area contributed by atoms with E-state index in [2.05, 4.69) is 10.2 Å². The fraction of sp³-hybridized carbons (Fsp3) is 0.479. The molecule has 4 aliphatic heterocycles. The fourth-order valence-electron chi connectivity index (χ4n) is 9.05. The number of Topliss-reactive ketones (excluding diaryl/α,β-unsaturated/α-hetero) is 1. The number of nitrogens with zero attached hydrogens (tertiary/aromatic N) is 3. The Bertz CT molecular complexity index is 2680. The van der Waals surface area contributed by atoms with Crippen LogP contribution >= 0.6 is 0 Å². The molecule has 0 spiro atoms. The first-order chi connectivity index (χ1) is 30.6. The zero-order valence-electron chi connectivity index (χ0n) is 38.5. The van der Waals surface area contributed by atoms with Crippen molar-refractivity contribution in [1.29, 1.82) is 0 Å². The van der Waals surface area contributed by atoms with Crippen molar-refractivity contribution in [3.8, 4) is 28.7 Å². The highest BCUT2D eigenvalue weighted by molar-refractivity contribution is 6.22. The molecule has 17 nitrogen and oxygen atoms in total. The van der Waals surface area contributed by atoms with Gasteiger partial charge < -0.3 is 58.9 Å². The summed E-state index contributed by atoms with van der Waals surface area (Å²) in [7, 11) is 5.40. The number of anilines is 2. The number of esters is 1. The number of aliphatic hydroxyl groups is 2. The van der Waals surface area contributed by atoms with Gasteiger partial charge in [-0.05, 0) is 34.0 Å². The summed E-state index contributed by atoms with van der Waals surface area (Å²) in [4.78, 5) is 64.9. The quantitative estimate of drug-likeness (QED) is 0.0980. The number of aromatic hydroxyl groups is 2. The summed E-state index contributed by atoms with van der Waals surface area (Å²) in [5.41, 5.74) is -0.705. The lowest BCUT2D eigenvalue weighted by Crippen LogP contribution is -2.57. The Labute approximate surface area is 376 Å². The molecule has 348 valence electrons. The first-order valence-corrected chi connectivity index (χ1v) is 21.6. The number of hydrogen-bond donors (Lipinski definition) is 5. The molecule has 0 saturated carbocycles. The van der Waals surface area contributed by atoms with Gasteiger partial charge in [0.05, 0.1) is 35.5 Å². The van der Waals surface area contributed by atoms with Crippen LogP contribution in [0.1, 0.15) is 64.4 Å². The largest absolute Gasteiger partial charge is 0.507 e. The SMILES string of the molecule is CO[C@H]1/C=C/O[C@@]2(C)Oc3c(C)c(O)c4c(=O)c(c5oc6cc(N7CC(N(C)C)C7)cc(O)c6nc-5c4c3C2=O)NC(=O)/C(C)=C\C=C\[C@H](C)[C@H](O)[C@@H](C)[C@@H](O)[C@@H](C)[C@H](OC(C)=O)[C@@H]1C. The fourth-order valence-corrected chi connectivity index (χ4v) is 9.05. The van der Waals surface area contributed by atoms with Gasteiger partial charge in [0.25, 0.3) is 11.7 Å². The van der Waals surface area contributed by atoms with Gasteiger partial charge in [-0.1, -0.05) is 45.9 Å². The average molecular weight is 899 g/mol. The molecular formula is C48H58N4O13. The maximum absolute atomic E-state index is 14.8. The number of nitrogens with one attached hydrogen (secondary N) is 1. The highest BCUT2D eigenvalue weighted by Crippen LogP contribution is 2.51. The van der Waals surface area contributed by atoms with E-state index in [0.29, 0.717) is 18.8 Å².